The number of benzene rings is 1. The molecule has 2 fully saturated rings. The number of H-pyrrole nitrogens is 2. The first-order valence-corrected chi connectivity index (χ1v) is 16.5. The van der Waals surface area contributed by atoms with Crippen LogP contribution >= 0.6 is 11.3 Å². The zero-order valence-electron chi connectivity index (χ0n) is 26.1. The number of carbonyl (C=O) groups is 3. The van der Waals surface area contributed by atoms with Crippen LogP contribution in [0.4, 0.5) is 10.7 Å². The molecule has 3 aromatic heterocycles. The van der Waals surface area contributed by atoms with Crippen LogP contribution in [-0.2, 0) is 9.59 Å². The number of imidazole rings is 2. The summed E-state index contributed by atoms with van der Waals surface area (Å²) in [7, 11) is 0. The molecule has 46 heavy (non-hydrogen) atoms. The van der Waals surface area contributed by atoms with Crippen molar-refractivity contribution in [3.8, 4) is 11.3 Å². The number of carbonyl (C=O) groups excluding carboxylic acids is 3. The fraction of sp³-hybridized carbons (Fsp3) is 0.438. The highest BCUT2D eigenvalue weighted by Gasteiger charge is 2.37. The van der Waals surface area contributed by atoms with Gasteiger partial charge < -0.3 is 30.2 Å². The highest BCUT2D eigenvalue weighted by Crippen LogP contribution is 2.34. The van der Waals surface area contributed by atoms with E-state index in [1.165, 1.54) is 17.5 Å². The standard InChI is InChI=1S/C32H39N9O4S/c1-18(2)26(35-16-42)32(45)41-13-5-7-25(41)30-34-15-23(39-30)28(44)27-31(46-17-36-27)37-21-10-8-20(9-11-21)22-14-33-29(38-22)24-6-4-12-40(24)19(3)43/h8-11,14-15,17-18,24-26,35,37,42H,4-7,12-13,16H2,1-3H3,(H,33,38)(H,34,39)/t24-,25-,26-/m0/s1. The lowest BCUT2D eigenvalue weighted by molar-refractivity contribution is -0.136. The molecular weight excluding hydrogens is 606 g/mol. The van der Waals surface area contributed by atoms with Gasteiger partial charge in [0.15, 0.2) is 0 Å². The first-order valence-electron chi connectivity index (χ1n) is 15.6. The van der Waals surface area contributed by atoms with Gasteiger partial charge in [0.05, 0.1) is 48.5 Å². The summed E-state index contributed by atoms with van der Waals surface area (Å²) in [5.41, 5.74) is 4.81. The number of aromatic amines is 2. The van der Waals surface area contributed by atoms with E-state index in [-0.39, 0.29) is 48.0 Å². The smallest absolute Gasteiger partial charge is 0.240 e. The molecule has 14 heteroatoms. The number of likely N-dealkylation sites (tertiary alicyclic amines) is 2. The third-order valence-electron chi connectivity index (χ3n) is 8.74. The molecule has 5 heterocycles. The van der Waals surface area contributed by atoms with E-state index in [0.29, 0.717) is 23.1 Å². The summed E-state index contributed by atoms with van der Waals surface area (Å²) in [6, 6.07) is 6.98. The second-order valence-electron chi connectivity index (χ2n) is 12.1. The van der Waals surface area contributed by atoms with E-state index in [1.807, 2.05) is 43.0 Å². The second kappa shape index (κ2) is 13.5. The number of aliphatic hydroxyl groups excluding tert-OH is 1. The molecule has 2 aliphatic rings. The van der Waals surface area contributed by atoms with E-state index >= 15 is 0 Å². The zero-order valence-corrected chi connectivity index (χ0v) is 26.9. The van der Waals surface area contributed by atoms with E-state index in [1.54, 1.807) is 23.5 Å². The van der Waals surface area contributed by atoms with Gasteiger partial charge in [-0.05, 0) is 49.3 Å². The molecule has 0 aliphatic carbocycles. The fourth-order valence-corrected chi connectivity index (χ4v) is 7.09. The molecule has 0 bridgehead atoms. The van der Waals surface area contributed by atoms with Crippen LogP contribution in [0.5, 0.6) is 0 Å². The van der Waals surface area contributed by atoms with Gasteiger partial charge in [0, 0.05) is 25.7 Å². The maximum Gasteiger partial charge on any atom is 0.240 e. The first kappa shape index (κ1) is 31.6. The summed E-state index contributed by atoms with van der Waals surface area (Å²) >= 11 is 1.33. The third-order valence-corrected chi connectivity index (χ3v) is 9.48. The molecular formula is C32H39N9O4S. The lowest BCUT2D eigenvalue weighted by Crippen LogP contribution is -2.49. The lowest BCUT2D eigenvalue weighted by atomic mass is 10.0. The Kier molecular flexibility index (Phi) is 9.29. The van der Waals surface area contributed by atoms with E-state index < -0.39 is 6.04 Å². The number of anilines is 2. The van der Waals surface area contributed by atoms with Gasteiger partial charge in [-0.1, -0.05) is 26.0 Å². The van der Waals surface area contributed by atoms with Crippen LogP contribution in [0.1, 0.15) is 86.4 Å². The molecule has 0 saturated carbocycles. The van der Waals surface area contributed by atoms with Crippen molar-refractivity contribution in [1.29, 1.82) is 0 Å². The molecule has 0 spiro atoms. The summed E-state index contributed by atoms with van der Waals surface area (Å²) in [6.45, 7) is 6.52. The number of rotatable bonds is 11. The topological polar surface area (TPSA) is 172 Å². The van der Waals surface area contributed by atoms with Gasteiger partial charge in [-0.25, -0.2) is 15.0 Å². The quantitative estimate of drug-likeness (QED) is 0.119. The van der Waals surface area contributed by atoms with Gasteiger partial charge in [0.1, 0.15) is 28.0 Å². The van der Waals surface area contributed by atoms with Crippen LogP contribution in [0.3, 0.4) is 0 Å². The average molecular weight is 646 g/mol. The van der Waals surface area contributed by atoms with Gasteiger partial charge in [0.25, 0.3) is 0 Å². The minimum Gasteiger partial charge on any atom is -0.381 e. The summed E-state index contributed by atoms with van der Waals surface area (Å²) in [6.07, 6.45) is 6.71. The van der Waals surface area contributed by atoms with Crippen LogP contribution < -0.4 is 10.6 Å². The van der Waals surface area contributed by atoms with Crippen molar-refractivity contribution in [1.82, 2.24) is 40.0 Å². The molecule has 4 aromatic rings. The van der Waals surface area contributed by atoms with Crippen molar-refractivity contribution in [2.45, 2.75) is 64.6 Å². The third kappa shape index (κ3) is 6.32. The van der Waals surface area contributed by atoms with Crippen LogP contribution in [-0.4, -0.2) is 83.3 Å². The Morgan fingerprint density at radius 2 is 1.65 bits per heavy atom. The van der Waals surface area contributed by atoms with Crippen LogP contribution in [0.25, 0.3) is 11.3 Å². The van der Waals surface area contributed by atoms with Crippen LogP contribution in [0, 0.1) is 5.92 Å². The highest BCUT2D eigenvalue weighted by molar-refractivity contribution is 7.14. The molecule has 3 atom stereocenters. The summed E-state index contributed by atoms with van der Waals surface area (Å²) < 4.78 is 0. The molecule has 1 aromatic carbocycles. The molecule has 6 rings (SSSR count). The van der Waals surface area contributed by atoms with Gasteiger partial charge >= 0.3 is 0 Å². The van der Waals surface area contributed by atoms with Crippen LogP contribution in [0.15, 0.2) is 42.2 Å². The van der Waals surface area contributed by atoms with Gasteiger partial charge in [-0.15, -0.1) is 11.3 Å². The number of amides is 2. The lowest BCUT2D eigenvalue weighted by Gasteiger charge is -2.30. The Morgan fingerprint density at radius 3 is 2.35 bits per heavy atom. The summed E-state index contributed by atoms with van der Waals surface area (Å²) in [5, 5.41) is 16.2. The predicted octanol–water partition coefficient (Wildman–Crippen LogP) is 4.14. The van der Waals surface area contributed by atoms with E-state index in [0.717, 1.165) is 55.0 Å². The summed E-state index contributed by atoms with van der Waals surface area (Å²) in [5.74, 6) is 1.03. The maximum atomic E-state index is 13.5. The number of ketones is 1. The Morgan fingerprint density at radius 1 is 0.978 bits per heavy atom. The van der Waals surface area contributed by atoms with E-state index in [4.69, 9.17) is 0 Å². The largest absolute Gasteiger partial charge is 0.381 e. The van der Waals surface area contributed by atoms with Crippen molar-refractivity contribution < 1.29 is 19.5 Å². The molecule has 2 aliphatic heterocycles. The molecule has 0 unspecified atom stereocenters. The normalized spacial score (nSPS) is 18.8. The van der Waals surface area contributed by atoms with E-state index in [2.05, 4.69) is 35.6 Å². The number of nitrogens with one attached hydrogen (secondary N) is 4. The van der Waals surface area contributed by atoms with Crippen molar-refractivity contribution in [2.75, 3.05) is 25.1 Å². The molecule has 2 saturated heterocycles. The number of thiazole rings is 1. The van der Waals surface area contributed by atoms with Crippen LogP contribution in [0.2, 0.25) is 0 Å². The van der Waals surface area contributed by atoms with Crippen molar-refractivity contribution in [3.63, 3.8) is 0 Å². The number of nitrogens with zero attached hydrogens (tertiary/aromatic N) is 5. The first-order chi connectivity index (χ1) is 22.2. The Labute approximate surface area is 270 Å². The monoisotopic (exact) mass is 645 g/mol. The van der Waals surface area contributed by atoms with Gasteiger partial charge in [-0.3, -0.25) is 19.7 Å². The van der Waals surface area contributed by atoms with E-state index in [9.17, 15) is 19.5 Å². The number of hydrogen-bond acceptors (Lipinski definition) is 10. The number of aliphatic hydroxyl groups is 1. The Balaban J connectivity index is 1.13. The molecule has 2 amide bonds. The van der Waals surface area contributed by atoms with Crippen molar-refractivity contribution in [2.24, 2.45) is 5.92 Å². The Hall–Kier alpha value is -4.40. The zero-order chi connectivity index (χ0) is 32.4. The Bertz CT molecular complexity index is 1690. The minimum atomic E-state index is -0.507. The average Bonchev–Trinajstić information content (AvgIpc) is 3.88. The molecule has 242 valence electrons. The molecule has 13 nitrogen and oxygen atoms in total. The second-order valence-corrected chi connectivity index (χ2v) is 12.9. The predicted molar refractivity (Wildman–Crippen MR) is 173 cm³/mol. The highest BCUT2D eigenvalue weighted by atomic mass is 32.1. The molecule has 5 N–H and O–H groups in total. The summed E-state index contributed by atoms with van der Waals surface area (Å²) in [4.78, 5) is 62.4. The molecule has 0 radical (unpaired) electrons. The fourth-order valence-electron chi connectivity index (χ4n) is 6.39. The van der Waals surface area contributed by atoms with Gasteiger partial charge in [0.2, 0.25) is 17.6 Å². The number of hydrogen-bond donors (Lipinski definition) is 5. The SMILES string of the molecule is CC(=O)N1CCC[C@H]1c1ncc(-c2ccc(Nc3scnc3C(=O)c3cnc([C@@H]4CCCN4C(=O)[C@@H](NCO)C(C)C)[nH]3)cc2)[nH]1. The van der Waals surface area contributed by atoms with Crippen molar-refractivity contribution >= 4 is 39.6 Å². The maximum absolute atomic E-state index is 13.5. The number of aromatic nitrogens is 5. The van der Waals surface area contributed by atoms with Gasteiger partial charge in [-0.2, -0.15) is 0 Å². The van der Waals surface area contributed by atoms with Crippen molar-refractivity contribution in [3.05, 3.63) is 65.2 Å². The minimum absolute atomic E-state index is 0.00134.